The summed E-state index contributed by atoms with van der Waals surface area (Å²) in [4.78, 5) is 14.7. The fourth-order valence-corrected chi connectivity index (χ4v) is 1.38. The van der Waals surface area contributed by atoms with Gasteiger partial charge in [-0.3, -0.25) is 4.79 Å². The third kappa shape index (κ3) is 2.03. The first-order valence-corrected chi connectivity index (χ1v) is 4.84. The van der Waals surface area contributed by atoms with Gasteiger partial charge >= 0.3 is 5.97 Å². The number of carbonyl (C=O) groups is 1. The molecule has 16 heavy (non-hydrogen) atoms. The Morgan fingerprint density at radius 2 is 2.38 bits per heavy atom. The van der Waals surface area contributed by atoms with Gasteiger partial charge in [-0.1, -0.05) is 6.92 Å². The zero-order valence-corrected chi connectivity index (χ0v) is 8.61. The lowest BCUT2D eigenvalue weighted by Crippen LogP contribution is -2.12. The van der Waals surface area contributed by atoms with E-state index in [1.165, 1.54) is 18.2 Å². The van der Waals surface area contributed by atoms with Crippen molar-refractivity contribution in [3.8, 4) is 0 Å². The normalized spacial score (nSPS) is 12.9. The molecule has 1 unspecified atom stereocenters. The summed E-state index contributed by atoms with van der Waals surface area (Å²) >= 11 is 0. The lowest BCUT2D eigenvalue weighted by atomic mass is 10.1. The summed E-state index contributed by atoms with van der Waals surface area (Å²) in [6.45, 7) is 1.57. The lowest BCUT2D eigenvalue weighted by Gasteiger charge is -2.00. The van der Waals surface area contributed by atoms with Crippen LogP contribution in [-0.4, -0.2) is 16.1 Å². The van der Waals surface area contributed by atoms with Crippen molar-refractivity contribution in [2.24, 2.45) is 5.92 Å². The second kappa shape index (κ2) is 3.92. The van der Waals surface area contributed by atoms with E-state index in [9.17, 15) is 9.18 Å². The van der Waals surface area contributed by atoms with E-state index >= 15 is 0 Å². The first-order chi connectivity index (χ1) is 7.56. The van der Waals surface area contributed by atoms with E-state index < -0.39 is 17.7 Å². The fourth-order valence-electron chi connectivity index (χ4n) is 1.38. The smallest absolute Gasteiger partial charge is 0.306 e. The molecule has 0 amide bonds. The first-order valence-electron chi connectivity index (χ1n) is 4.84. The highest BCUT2D eigenvalue weighted by Gasteiger charge is 2.15. The molecule has 0 spiro atoms. The Bertz CT molecular complexity index is 535. The molecule has 2 rings (SSSR count). The Morgan fingerprint density at radius 3 is 3.06 bits per heavy atom. The summed E-state index contributed by atoms with van der Waals surface area (Å²) < 4.78 is 18.1. The number of halogens is 1. The van der Waals surface area contributed by atoms with Crippen LogP contribution >= 0.6 is 0 Å². The zero-order chi connectivity index (χ0) is 11.7. The molecule has 1 N–H and O–H groups in total. The van der Waals surface area contributed by atoms with Crippen LogP contribution in [0, 0.1) is 11.7 Å². The molecule has 0 aliphatic rings. The van der Waals surface area contributed by atoms with E-state index in [0.717, 1.165) is 0 Å². The van der Waals surface area contributed by atoms with Crippen LogP contribution in [0.25, 0.3) is 11.1 Å². The summed E-state index contributed by atoms with van der Waals surface area (Å²) in [6, 6.07) is 4.02. The van der Waals surface area contributed by atoms with E-state index in [1.807, 2.05) is 0 Å². The van der Waals surface area contributed by atoms with Gasteiger partial charge in [0.1, 0.15) is 11.3 Å². The van der Waals surface area contributed by atoms with E-state index in [4.69, 9.17) is 9.52 Å². The molecule has 0 fully saturated rings. The lowest BCUT2D eigenvalue weighted by molar-refractivity contribution is -0.141. The van der Waals surface area contributed by atoms with Crippen LogP contribution in [0.2, 0.25) is 0 Å². The van der Waals surface area contributed by atoms with Crippen molar-refractivity contribution in [3.05, 3.63) is 29.9 Å². The molecule has 1 aromatic heterocycles. The molecule has 4 nitrogen and oxygen atoms in total. The molecule has 2 aromatic rings. The van der Waals surface area contributed by atoms with Gasteiger partial charge in [0.2, 0.25) is 0 Å². The fraction of sp³-hybridized carbons (Fsp3) is 0.273. The van der Waals surface area contributed by atoms with Gasteiger partial charge in [-0.15, -0.1) is 0 Å². The second-order valence-electron chi connectivity index (χ2n) is 3.66. The minimum Gasteiger partial charge on any atom is -0.481 e. The summed E-state index contributed by atoms with van der Waals surface area (Å²) in [6.07, 6.45) is 0.200. The SMILES string of the molecule is CC(Cc1nc2ccc(F)cc2o1)C(=O)O. The number of hydrogen-bond acceptors (Lipinski definition) is 3. The van der Waals surface area contributed by atoms with Crippen LogP contribution < -0.4 is 0 Å². The molecule has 0 aliphatic heterocycles. The Kier molecular flexibility index (Phi) is 2.60. The van der Waals surface area contributed by atoms with Crippen LogP contribution in [-0.2, 0) is 11.2 Å². The first kappa shape index (κ1) is 10.6. The number of nitrogens with zero attached hydrogens (tertiary/aromatic N) is 1. The topological polar surface area (TPSA) is 63.3 Å². The van der Waals surface area contributed by atoms with Crippen LogP contribution in [0.3, 0.4) is 0 Å². The molecular weight excluding hydrogens is 213 g/mol. The van der Waals surface area contributed by atoms with Gasteiger partial charge in [0.15, 0.2) is 11.5 Å². The molecule has 1 heterocycles. The Balaban J connectivity index is 2.29. The number of benzene rings is 1. The van der Waals surface area contributed by atoms with Crippen LogP contribution in [0.4, 0.5) is 4.39 Å². The molecule has 5 heteroatoms. The van der Waals surface area contributed by atoms with Crippen molar-refractivity contribution < 1.29 is 18.7 Å². The van der Waals surface area contributed by atoms with E-state index in [1.54, 1.807) is 6.92 Å². The van der Waals surface area contributed by atoms with Crippen molar-refractivity contribution in [3.63, 3.8) is 0 Å². The average Bonchev–Trinajstić information content (AvgIpc) is 2.58. The number of aliphatic carboxylic acids is 1. The Morgan fingerprint density at radius 1 is 1.62 bits per heavy atom. The monoisotopic (exact) mass is 223 g/mol. The van der Waals surface area contributed by atoms with Crippen molar-refractivity contribution >= 4 is 17.1 Å². The molecule has 1 atom stereocenters. The predicted octanol–water partition coefficient (Wildman–Crippen LogP) is 2.23. The van der Waals surface area contributed by atoms with Gasteiger partial charge < -0.3 is 9.52 Å². The number of aromatic nitrogens is 1. The Hall–Kier alpha value is -1.91. The number of carboxylic acids is 1. The van der Waals surface area contributed by atoms with Crippen molar-refractivity contribution in [2.45, 2.75) is 13.3 Å². The number of oxazole rings is 1. The predicted molar refractivity (Wildman–Crippen MR) is 54.5 cm³/mol. The van der Waals surface area contributed by atoms with Crippen LogP contribution in [0.5, 0.6) is 0 Å². The molecular formula is C11H10FNO3. The largest absolute Gasteiger partial charge is 0.481 e. The van der Waals surface area contributed by atoms with Crippen LogP contribution in [0.1, 0.15) is 12.8 Å². The van der Waals surface area contributed by atoms with Gasteiger partial charge in [0, 0.05) is 12.5 Å². The minimum atomic E-state index is -0.909. The molecule has 0 bridgehead atoms. The minimum absolute atomic E-state index is 0.200. The third-order valence-corrected chi connectivity index (χ3v) is 2.30. The van der Waals surface area contributed by atoms with Crippen LogP contribution in [0.15, 0.2) is 22.6 Å². The highest BCUT2D eigenvalue weighted by Crippen LogP contribution is 2.18. The van der Waals surface area contributed by atoms with Gasteiger partial charge in [0.05, 0.1) is 5.92 Å². The highest BCUT2D eigenvalue weighted by atomic mass is 19.1. The zero-order valence-electron chi connectivity index (χ0n) is 8.61. The highest BCUT2D eigenvalue weighted by molar-refractivity contribution is 5.73. The maximum absolute atomic E-state index is 12.9. The second-order valence-corrected chi connectivity index (χ2v) is 3.66. The number of hydrogen-bond donors (Lipinski definition) is 1. The van der Waals surface area contributed by atoms with E-state index in [2.05, 4.69) is 4.98 Å². The summed E-state index contributed by atoms with van der Waals surface area (Å²) in [5.41, 5.74) is 0.876. The number of rotatable bonds is 3. The van der Waals surface area contributed by atoms with Crippen molar-refractivity contribution in [1.29, 1.82) is 0 Å². The maximum atomic E-state index is 12.9. The third-order valence-electron chi connectivity index (χ3n) is 2.30. The molecule has 84 valence electrons. The molecule has 0 saturated heterocycles. The molecule has 0 aliphatic carbocycles. The average molecular weight is 223 g/mol. The van der Waals surface area contributed by atoms with Crippen molar-refractivity contribution in [1.82, 2.24) is 4.98 Å². The summed E-state index contributed by atoms with van der Waals surface area (Å²) in [5, 5.41) is 8.73. The molecule has 1 aromatic carbocycles. The van der Waals surface area contributed by atoms with Gasteiger partial charge in [-0.05, 0) is 12.1 Å². The maximum Gasteiger partial charge on any atom is 0.306 e. The van der Waals surface area contributed by atoms with E-state index in [0.29, 0.717) is 17.0 Å². The van der Waals surface area contributed by atoms with Gasteiger partial charge in [-0.2, -0.15) is 0 Å². The molecule has 0 saturated carbocycles. The van der Waals surface area contributed by atoms with Crippen molar-refractivity contribution in [2.75, 3.05) is 0 Å². The van der Waals surface area contributed by atoms with E-state index in [-0.39, 0.29) is 6.42 Å². The standard InChI is InChI=1S/C11H10FNO3/c1-6(11(14)15)4-10-13-8-3-2-7(12)5-9(8)16-10/h2-3,5-6H,4H2,1H3,(H,14,15). The number of fused-ring (bicyclic) bond motifs is 1. The molecule has 0 radical (unpaired) electrons. The Labute approximate surface area is 90.7 Å². The van der Waals surface area contributed by atoms with Gasteiger partial charge in [-0.25, -0.2) is 9.37 Å². The number of carboxylic acid groups (broad SMARTS) is 1. The van der Waals surface area contributed by atoms with Gasteiger partial charge in [0.25, 0.3) is 0 Å². The summed E-state index contributed by atoms with van der Waals surface area (Å²) in [5.74, 6) is -1.57. The summed E-state index contributed by atoms with van der Waals surface area (Å²) in [7, 11) is 0. The quantitative estimate of drug-likeness (QED) is 0.866.